The van der Waals surface area contributed by atoms with Crippen LogP contribution in [0, 0.1) is 5.82 Å². The summed E-state index contributed by atoms with van der Waals surface area (Å²) in [6.45, 7) is 1.000. The average Bonchev–Trinajstić information content (AvgIpc) is 2.32. The number of hydrogen-bond donors (Lipinski definition) is 2. The second-order valence-electron chi connectivity index (χ2n) is 5.10. The molecular weight excluding hydrogens is 276 g/mol. The van der Waals surface area contributed by atoms with Crippen LogP contribution < -0.4 is 5.73 Å². The van der Waals surface area contributed by atoms with Gasteiger partial charge < -0.3 is 10.8 Å². The highest BCUT2D eigenvalue weighted by Gasteiger charge is 2.32. The Hall–Kier alpha value is -1.18. The topological polar surface area (TPSA) is 49.5 Å². The molecule has 3 nitrogen and oxygen atoms in total. The molecule has 0 aromatic heterocycles. The molecule has 0 amide bonds. The standard InChI is InChI=1S/C13H16F4N2O/c14-10-4-8(3-9(5-10)13(15,16)17)6-19-2-1-11(18)12(20)7-19/h3-5,11-12,20H,1-2,6-7,18H2/t11-,12-/m1/s1. The summed E-state index contributed by atoms with van der Waals surface area (Å²) in [6, 6.07) is 2.18. The van der Waals surface area contributed by atoms with Crippen LogP contribution in [0.2, 0.25) is 0 Å². The molecule has 1 saturated heterocycles. The molecule has 1 aromatic rings. The van der Waals surface area contributed by atoms with Gasteiger partial charge >= 0.3 is 6.18 Å². The van der Waals surface area contributed by atoms with Crippen molar-refractivity contribution in [1.29, 1.82) is 0 Å². The molecule has 0 spiro atoms. The van der Waals surface area contributed by atoms with Crippen LogP contribution in [0.3, 0.4) is 0 Å². The lowest BCUT2D eigenvalue weighted by Gasteiger charge is -2.34. The van der Waals surface area contributed by atoms with Crippen molar-refractivity contribution >= 4 is 0 Å². The van der Waals surface area contributed by atoms with E-state index in [9.17, 15) is 22.7 Å². The van der Waals surface area contributed by atoms with Gasteiger partial charge in [0.15, 0.2) is 0 Å². The molecule has 20 heavy (non-hydrogen) atoms. The van der Waals surface area contributed by atoms with Gasteiger partial charge in [-0.05, 0) is 30.2 Å². The first-order valence-corrected chi connectivity index (χ1v) is 6.28. The highest BCUT2D eigenvalue weighted by Crippen LogP contribution is 2.30. The first-order valence-electron chi connectivity index (χ1n) is 6.28. The summed E-state index contributed by atoms with van der Waals surface area (Å²) in [7, 11) is 0. The van der Waals surface area contributed by atoms with E-state index in [4.69, 9.17) is 5.73 Å². The molecule has 3 N–H and O–H groups in total. The molecule has 1 aromatic carbocycles. The van der Waals surface area contributed by atoms with Crippen LogP contribution in [-0.4, -0.2) is 35.2 Å². The maximum absolute atomic E-state index is 13.3. The number of nitrogens with two attached hydrogens (primary N) is 1. The molecule has 1 aliphatic rings. The van der Waals surface area contributed by atoms with Crippen LogP contribution >= 0.6 is 0 Å². The SMILES string of the molecule is N[C@@H]1CCN(Cc2cc(F)cc(C(F)(F)F)c2)C[C@H]1O. The van der Waals surface area contributed by atoms with Gasteiger partial charge in [0, 0.05) is 25.7 Å². The lowest BCUT2D eigenvalue weighted by molar-refractivity contribution is -0.137. The summed E-state index contributed by atoms with van der Waals surface area (Å²) in [5.74, 6) is -0.913. The van der Waals surface area contributed by atoms with E-state index < -0.39 is 23.7 Å². The number of piperidine rings is 1. The summed E-state index contributed by atoms with van der Waals surface area (Å²) in [4.78, 5) is 1.77. The van der Waals surface area contributed by atoms with Crippen molar-refractivity contribution in [1.82, 2.24) is 4.90 Å². The second-order valence-corrected chi connectivity index (χ2v) is 5.10. The molecule has 1 heterocycles. The molecule has 112 valence electrons. The summed E-state index contributed by atoms with van der Waals surface area (Å²) < 4.78 is 51.1. The smallest absolute Gasteiger partial charge is 0.390 e. The number of likely N-dealkylation sites (tertiary alicyclic amines) is 1. The van der Waals surface area contributed by atoms with Crippen molar-refractivity contribution < 1.29 is 22.7 Å². The molecule has 1 aliphatic heterocycles. The Bertz CT molecular complexity index is 478. The lowest BCUT2D eigenvalue weighted by atomic mass is 10.0. The van der Waals surface area contributed by atoms with Gasteiger partial charge in [0.1, 0.15) is 5.82 Å². The van der Waals surface area contributed by atoms with Gasteiger partial charge in [0.05, 0.1) is 11.7 Å². The molecule has 7 heteroatoms. The number of halogens is 4. The van der Waals surface area contributed by atoms with E-state index in [0.717, 1.165) is 12.1 Å². The number of aliphatic hydroxyl groups is 1. The van der Waals surface area contributed by atoms with Crippen molar-refractivity contribution in [3.05, 3.63) is 35.1 Å². The number of aliphatic hydroxyl groups excluding tert-OH is 1. The number of benzene rings is 1. The third kappa shape index (κ3) is 3.68. The first-order chi connectivity index (χ1) is 9.25. The highest BCUT2D eigenvalue weighted by molar-refractivity contribution is 5.26. The zero-order valence-electron chi connectivity index (χ0n) is 10.7. The predicted molar refractivity (Wildman–Crippen MR) is 65.3 cm³/mol. The van der Waals surface area contributed by atoms with Crippen molar-refractivity contribution in [3.8, 4) is 0 Å². The second kappa shape index (κ2) is 5.67. The Kier molecular flexibility index (Phi) is 4.31. The summed E-state index contributed by atoms with van der Waals surface area (Å²) in [5, 5.41) is 9.64. The maximum atomic E-state index is 13.3. The van der Waals surface area contributed by atoms with Gasteiger partial charge in [0.2, 0.25) is 0 Å². The normalized spacial score (nSPS) is 24.9. The van der Waals surface area contributed by atoms with E-state index in [0.29, 0.717) is 19.0 Å². The van der Waals surface area contributed by atoms with E-state index in [1.54, 1.807) is 4.90 Å². The minimum atomic E-state index is -4.57. The van der Waals surface area contributed by atoms with E-state index in [1.807, 2.05) is 0 Å². The Labute approximate surface area is 114 Å². The molecule has 0 unspecified atom stereocenters. The fourth-order valence-electron chi connectivity index (χ4n) is 2.32. The lowest BCUT2D eigenvalue weighted by Crippen LogP contribution is -2.50. The van der Waals surface area contributed by atoms with Gasteiger partial charge in [-0.25, -0.2) is 4.39 Å². The fraction of sp³-hybridized carbons (Fsp3) is 0.538. The van der Waals surface area contributed by atoms with E-state index in [-0.39, 0.29) is 24.7 Å². The third-order valence-electron chi connectivity index (χ3n) is 3.41. The number of β-amino-alcohol motifs (C(OH)–C–C–N with tert-alkyl or cyclic N) is 1. The Morgan fingerprint density at radius 2 is 2.00 bits per heavy atom. The van der Waals surface area contributed by atoms with Gasteiger partial charge in [-0.15, -0.1) is 0 Å². The van der Waals surface area contributed by atoms with Gasteiger partial charge in [-0.2, -0.15) is 13.2 Å². The predicted octanol–water partition coefficient (Wildman–Crippen LogP) is 1.74. The molecule has 1 fully saturated rings. The van der Waals surface area contributed by atoms with Gasteiger partial charge in [-0.1, -0.05) is 0 Å². The van der Waals surface area contributed by atoms with Crippen molar-refractivity contribution in [2.24, 2.45) is 5.73 Å². The number of hydrogen-bond acceptors (Lipinski definition) is 3. The van der Waals surface area contributed by atoms with Crippen molar-refractivity contribution in [2.75, 3.05) is 13.1 Å². The summed E-state index contributed by atoms with van der Waals surface area (Å²) in [6.07, 6.45) is -4.72. The van der Waals surface area contributed by atoms with E-state index in [2.05, 4.69) is 0 Å². The monoisotopic (exact) mass is 292 g/mol. The van der Waals surface area contributed by atoms with Gasteiger partial charge in [0.25, 0.3) is 0 Å². The molecule has 2 rings (SSSR count). The van der Waals surface area contributed by atoms with Crippen LogP contribution in [-0.2, 0) is 12.7 Å². The zero-order valence-corrected chi connectivity index (χ0v) is 10.7. The van der Waals surface area contributed by atoms with Crippen LogP contribution in [0.1, 0.15) is 17.5 Å². The van der Waals surface area contributed by atoms with E-state index in [1.165, 1.54) is 0 Å². The molecular formula is C13H16F4N2O. The first kappa shape index (κ1) is 15.2. The van der Waals surface area contributed by atoms with E-state index >= 15 is 0 Å². The van der Waals surface area contributed by atoms with Crippen LogP contribution in [0.25, 0.3) is 0 Å². The summed E-state index contributed by atoms with van der Waals surface area (Å²) in [5.41, 5.74) is 4.89. The van der Waals surface area contributed by atoms with Crippen LogP contribution in [0.15, 0.2) is 18.2 Å². The molecule has 0 radical (unpaired) electrons. The molecule has 2 atom stereocenters. The largest absolute Gasteiger partial charge is 0.416 e. The molecule has 0 aliphatic carbocycles. The number of rotatable bonds is 2. The Morgan fingerprint density at radius 1 is 1.30 bits per heavy atom. The fourth-order valence-corrected chi connectivity index (χ4v) is 2.32. The summed E-state index contributed by atoms with van der Waals surface area (Å²) >= 11 is 0. The molecule has 0 saturated carbocycles. The molecule has 0 bridgehead atoms. The van der Waals surface area contributed by atoms with Crippen molar-refractivity contribution in [2.45, 2.75) is 31.3 Å². The third-order valence-corrected chi connectivity index (χ3v) is 3.41. The quantitative estimate of drug-likeness (QED) is 0.816. The maximum Gasteiger partial charge on any atom is 0.416 e. The van der Waals surface area contributed by atoms with Gasteiger partial charge in [-0.3, -0.25) is 4.90 Å². The Morgan fingerprint density at radius 3 is 2.60 bits per heavy atom. The average molecular weight is 292 g/mol. The van der Waals surface area contributed by atoms with Crippen LogP contribution in [0.5, 0.6) is 0 Å². The Balaban J connectivity index is 2.12. The minimum absolute atomic E-state index is 0.157. The van der Waals surface area contributed by atoms with Crippen molar-refractivity contribution in [3.63, 3.8) is 0 Å². The highest BCUT2D eigenvalue weighted by atomic mass is 19.4. The minimum Gasteiger partial charge on any atom is -0.390 e. The van der Waals surface area contributed by atoms with Crippen LogP contribution in [0.4, 0.5) is 17.6 Å². The zero-order chi connectivity index (χ0) is 14.9. The number of nitrogens with zero attached hydrogens (tertiary/aromatic N) is 1. The number of alkyl halides is 3.